The van der Waals surface area contributed by atoms with Crippen LogP contribution >= 0.6 is 0 Å². The predicted octanol–water partition coefficient (Wildman–Crippen LogP) is 0.515. The molecule has 0 radical (unpaired) electrons. The van der Waals surface area contributed by atoms with Crippen molar-refractivity contribution in [2.45, 2.75) is 33.1 Å². The van der Waals surface area contributed by atoms with Crippen molar-refractivity contribution in [2.75, 3.05) is 0 Å². The maximum absolute atomic E-state index is 11.7. The minimum atomic E-state index is -0.387. The van der Waals surface area contributed by atoms with E-state index in [4.69, 9.17) is 10.2 Å². The lowest BCUT2D eigenvalue weighted by Gasteiger charge is -2.12. The summed E-state index contributed by atoms with van der Waals surface area (Å²) in [5, 5.41) is 30.4. The molecule has 0 aromatic heterocycles. The van der Waals surface area contributed by atoms with Crippen molar-refractivity contribution < 1.29 is 20.1 Å². The first-order valence-electron chi connectivity index (χ1n) is 5.37. The highest BCUT2D eigenvalue weighted by atomic mass is 16.3. The Kier molecular flexibility index (Phi) is 4.48. The molecule has 0 bridgehead atoms. The molecule has 5 nitrogen and oxygen atoms in total. The highest BCUT2D eigenvalue weighted by Gasteiger charge is 2.13. The molecule has 1 aromatic rings. The summed E-state index contributed by atoms with van der Waals surface area (Å²) in [5.41, 5.74) is 0.764. The van der Waals surface area contributed by atoms with E-state index in [2.05, 4.69) is 5.32 Å². The first-order valence-corrected chi connectivity index (χ1v) is 5.37. The average molecular weight is 239 g/mol. The second-order valence-corrected chi connectivity index (χ2v) is 4.09. The van der Waals surface area contributed by atoms with E-state index in [1.807, 2.05) is 13.8 Å². The van der Waals surface area contributed by atoms with Crippen molar-refractivity contribution in [3.05, 3.63) is 28.8 Å². The quantitative estimate of drug-likeness (QED) is 0.616. The largest absolute Gasteiger partial charge is 0.507 e. The van der Waals surface area contributed by atoms with Gasteiger partial charge < -0.3 is 20.6 Å². The molecule has 94 valence electrons. The molecule has 0 fully saturated rings. The molecular formula is C12H17NO4. The molecule has 5 heteroatoms. The van der Waals surface area contributed by atoms with Crippen LogP contribution in [-0.4, -0.2) is 27.3 Å². The Balaban J connectivity index is 3.12. The number of carbonyl (C=O) groups excluding carboxylic acids is 1. The predicted molar refractivity (Wildman–Crippen MR) is 62.6 cm³/mol. The Hall–Kier alpha value is -1.59. The van der Waals surface area contributed by atoms with Gasteiger partial charge in [-0.1, -0.05) is 0 Å². The Morgan fingerprint density at radius 3 is 2.06 bits per heavy atom. The third-order valence-electron chi connectivity index (χ3n) is 2.29. The maximum Gasteiger partial charge on any atom is 0.251 e. The summed E-state index contributed by atoms with van der Waals surface area (Å²) in [6.45, 7) is 2.89. The minimum Gasteiger partial charge on any atom is -0.507 e. The number of amides is 1. The highest BCUT2D eigenvalue weighted by Crippen LogP contribution is 2.24. The number of hydrogen-bond donors (Lipinski definition) is 4. The van der Waals surface area contributed by atoms with Gasteiger partial charge in [0.05, 0.1) is 13.2 Å². The van der Waals surface area contributed by atoms with Crippen LogP contribution < -0.4 is 5.32 Å². The van der Waals surface area contributed by atoms with Gasteiger partial charge in [-0.15, -0.1) is 0 Å². The van der Waals surface area contributed by atoms with Crippen molar-refractivity contribution in [3.63, 3.8) is 0 Å². The van der Waals surface area contributed by atoms with Crippen molar-refractivity contribution in [1.82, 2.24) is 5.32 Å². The van der Waals surface area contributed by atoms with Gasteiger partial charge >= 0.3 is 0 Å². The molecule has 0 saturated heterocycles. The number of phenols is 1. The number of aliphatic hydroxyl groups excluding tert-OH is 2. The van der Waals surface area contributed by atoms with E-state index < -0.39 is 0 Å². The van der Waals surface area contributed by atoms with E-state index in [0.717, 1.165) is 0 Å². The molecule has 1 aromatic carbocycles. The number of carbonyl (C=O) groups is 1. The van der Waals surface area contributed by atoms with Gasteiger partial charge in [0.2, 0.25) is 0 Å². The summed E-state index contributed by atoms with van der Waals surface area (Å²) >= 11 is 0. The third kappa shape index (κ3) is 3.18. The standard InChI is InChI=1S/C12H17NO4/c1-7(2)13-12(17)8-3-9(5-14)11(16)10(4-8)6-15/h3-4,7,14-16H,5-6H2,1-2H3,(H,13,17). The molecule has 0 aliphatic rings. The van der Waals surface area contributed by atoms with E-state index in [0.29, 0.717) is 5.56 Å². The molecule has 0 aliphatic carbocycles. The van der Waals surface area contributed by atoms with Crippen molar-refractivity contribution >= 4 is 5.91 Å². The van der Waals surface area contributed by atoms with Gasteiger partial charge in [-0.2, -0.15) is 0 Å². The molecule has 0 aliphatic heterocycles. The number of aromatic hydroxyl groups is 1. The minimum absolute atomic E-state index is 0.00791. The van der Waals surface area contributed by atoms with Gasteiger partial charge in [0.25, 0.3) is 5.91 Å². The molecular weight excluding hydrogens is 222 g/mol. The van der Waals surface area contributed by atoms with E-state index in [9.17, 15) is 9.90 Å². The van der Waals surface area contributed by atoms with Crippen LogP contribution in [0.15, 0.2) is 12.1 Å². The number of hydrogen-bond acceptors (Lipinski definition) is 4. The average Bonchev–Trinajstić information content (AvgIpc) is 2.28. The van der Waals surface area contributed by atoms with Gasteiger partial charge in [-0.05, 0) is 26.0 Å². The molecule has 0 saturated carbocycles. The van der Waals surface area contributed by atoms with E-state index in [1.165, 1.54) is 12.1 Å². The van der Waals surface area contributed by atoms with Crippen LogP contribution in [0.5, 0.6) is 5.75 Å². The molecule has 0 spiro atoms. The summed E-state index contributed by atoms with van der Waals surface area (Å²) in [5.74, 6) is -0.472. The first kappa shape index (κ1) is 13.5. The van der Waals surface area contributed by atoms with Crippen LogP contribution in [0.25, 0.3) is 0 Å². The highest BCUT2D eigenvalue weighted by molar-refractivity contribution is 5.95. The van der Waals surface area contributed by atoms with Crippen LogP contribution in [0.3, 0.4) is 0 Å². The number of benzene rings is 1. The van der Waals surface area contributed by atoms with Crippen LogP contribution in [0.2, 0.25) is 0 Å². The topological polar surface area (TPSA) is 89.8 Å². The summed E-state index contributed by atoms with van der Waals surface area (Å²) in [6, 6.07) is 2.81. The monoisotopic (exact) mass is 239 g/mol. The summed E-state index contributed by atoms with van der Waals surface area (Å²) < 4.78 is 0. The van der Waals surface area contributed by atoms with Gasteiger partial charge in [0.15, 0.2) is 0 Å². The van der Waals surface area contributed by atoms with E-state index in [-0.39, 0.29) is 42.0 Å². The van der Waals surface area contributed by atoms with Crippen LogP contribution in [0, 0.1) is 0 Å². The second kappa shape index (κ2) is 5.65. The summed E-state index contributed by atoms with van der Waals surface area (Å²) in [7, 11) is 0. The molecule has 17 heavy (non-hydrogen) atoms. The van der Waals surface area contributed by atoms with Crippen LogP contribution in [0.4, 0.5) is 0 Å². The fourth-order valence-electron chi connectivity index (χ4n) is 1.48. The van der Waals surface area contributed by atoms with Gasteiger partial charge in [0, 0.05) is 22.7 Å². The number of rotatable bonds is 4. The Bertz CT molecular complexity index is 390. The number of aliphatic hydroxyl groups is 2. The molecule has 1 amide bonds. The Labute approximate surface area is 99.7 Å². The molecule has 0 atom stereocenters. The van der Waals surface area contributed by atoms with E-state index >= 15 is 0 Å². The second-order valence-electron chi connectivity index (χ2n) is 4.09. The van der Waals surface area contributed by atoms with Gasteiger partial charge in [0.1, 0.15) is 5.75 Å². The zero-order valence-corrected chi connectivity index (χ0v) is 9.90. The zero-order chi connectivity index (χ0) is 13.0. The fraction of sp³-hybridized carbons (Fsp3) is 0.417. The maximum atomic E-state index is 11.7. The Morgan fingerprint density at radius 1 is 1.24 bits per heavy atom. The number of nitrogens with one attached hydrogen (secondary N) is 1. The molecule has 0 heterocycles. The first-order chi connectivity index (χ1) is 7.99. The normalized spacial score (nSPS) is 10.6. The third-order valence-corrected chi connectivity index (χ3v) is 2.29. The van der Waals surface area contributed by atoms with Gasteiger partial charge in [-0.25, -0.2) is 0 Å². The lowest BCUT2D eigenvalue weighted by Crippen LogP contribution is -2.30. The van der Waals surface area contributed by atoms with Crippen LogP contribution in [0.1, 0.15) is 35.3 Å². The fourth-order valence-corrected chi connectivity index (χ4v) is 1.48. The van der Waals surface area contributed by atoms with Crippen molar-refractivity contribution in [1.29, 1.82) is 0 Å². The summed E-state index contributed by atoms with van der Waals surface area (Å²) in [6.07, 6.45) is 0. The summed E-state index contributed by atoms with van der Waals surface area (Å²) in [4.78, 5) is 11.7. The molecule has 1 rings (SSSR count). The SMILES string of the molecule is CC(C)NC(=O)c1cc(CO)c(O)c(CO)c1. The van der Waals surface area contributed by atoms with Crippen molar-refractivity contribution in [3.8, 4) is 5.75 Å². The van der Waals surface area contributed by atoms with Crippen molar-refractivity contribution in [2.24, 2.45) is 0 Å². The van der Waals surface area contributed by atoms with E-state index in [1.54, 1.807) is 0 Å². The smallest absolute Gasteiger partial charge is 0.251 e. The van der Waals surface area contributed by atoms with Gasteiger partial charge in [-0.3, -0.25) is 4.79 Å². The zero-order valence-electron chi connectivity index (χ0n) is 9.90. The lowest BCUT2D eigenvalue weighted by atomic mass is 10.0. The van der Waals surface area contributed by atoms with Crippen LogP contribution in [-0.2, 0) is 13.2 Å². The Morgan fingerprint density at radius 2 is 1.71 bits per heavy atom. The molecule has 0 unspecified atom stereocenters. The lowest BCUT2D eigenvalue weighted by molar-refractivity contribution is 0.0942. The molecule has 4 N–H and O–H groups in total.